The SMILES string of the molecule is CCOc1ccc(-c2nnc3n2NC(C=Cc2ccccc2)S3)cc1. The van der Waals surface area contributed by atoms with Crippen LogP contribution < -0.4 is 10.2 Å². The van der Waals surface area contributed by atoms with E-state index in [4.69, 9.17) is 4.74 Å². The van der Waals surface area contributed by atoms with Crippen LogP contribution in [-0.2, 0) is 0 Å². The summed E-state index contributed by atoms with van der Waals surface area (Å²) in [4.78, 5) is 0. The van der Waals surface area contributed by atoms with E-state index in [9.17, 15) is 0 Å². The standard InChI is InChI=1S/C19H18N4OS/c1-2-24-16-11-9-15(10-12-16)18-20-21-19-23(18)22-17(25-19)13-8-14-6-4-3-5-7-14/h3-13,17,22H,2H2,1H3. The Bertz CT molecular complexity index is 874. The van der Waals surface area contributed by atoms with Crippen molar-refractivity contribution in [2.45, 2.75) is 17.5 Å². The van der Waals surface area contributed by atoms with E-state index in [1.54, 1.807) is 11.8 Å². The smallest absolute Gasteiger partial charge is 0.212 e. The van der Waals surface area contributed by atoms with E-state index in [2.05, 4.69) is 39.9 Å². The molecule has 0 saturated heterocycles. The Morgan fingerprint density at radius 1 is 1.12 bits per heavy atom. The summed E-state index contributed by atoms with van der Waals surface area (Å²) >= 11 is 1.65. The van der Waals surface area contributed by atoms with Crippen LogP contribution in [0.4, 0.5) is 0 Å². The van der Waals surface area contributed by atoms with Gasteiger partial charge in [-0.25, -0.2) is 4.68 Å². The summed E-state index contributed by atoms with van der Waals surface area (Å²) in [7, 11) is 0. The quantitative estimate of drug-likeness (QED) is 0.753. The molecule has 0 spiro atoms. The average Bonchev–Trinajstić information content (AvgIpc) is 3.22. The summed E-state index contributed by atoms with van der Waals surface area (Å²) in [6.07, 6.45) is 4.25. The number of benzene rings is 2. The zero-order chi connectivity index (χ0) is 17.1. The highest BCUT2D eigenvalue weighted by atomic mass is 32.2. The fourth-order valence-electron chi connectivity index (χ4n) is 2.63. The molecule has 2 aromatic carbocycles. The molecule has 4 rings (SSSR count). The maximum Gasteiger partial charge on any atom is 0.212 e. The van der Waals surface area contributed by atoms with Gasteiger partial charge in [-0.1, -0.05) is 48.2 Å². The first-order valence-electron chi connectivity index (χ1n) is 8.18. The summed E-state index contributed by atoms with van der Waals surface area (Å²) in [6.45, 7) is 2.64. The molecule has 0 radical (unpaired) electrons. The van der Waals surface area contributed by atoms with Gasteiger partial charge in [-0.2, -0.15) is 0 Å². The van der Waals surface area contributed by atoms with Gasteiger partial charge in [-0.15, -0.1) is 10.2 Å². The summed E-state index contributed by atoms with van der Waals surface area (Å²) in [5.74, 6) is 1.67. The van der Waals surface area contributed by atoms with E-state index in [1.807, 2.05) is 54.1 Å². The van der Waals surface area contributed by atoms with E-state index in [0.29, 0.717) is 6.61 Å². The average molecular weight is 350 g/mol. The molecular weight excluding hydrogens is 332 g/mol. The Morgan fingerprint density at radius 3 is 2.68 bits per heavy atom. The van der Waals surface area contributed by atoms with E-state index in [1.165, 1.54) is 5.56 Å². The number of hydrogen-bond acceptors (Lipinski definition) is 5. The third-order valence-electron chi connectivity index (χ3n) is 3.81. The zero-order valence-corrected chi connectivity index (χ0v) is 14.6. The first-order valence-corrected chi connectivity index (χ1v) is 9.06. The topological polar surface area (TPSA) is 52.0 Å². The lowest BCUT2D eigenvalue weighted by molar-refractivity contribution is 0.340. The molecule has 1 aliphatic rings. The van der Waals surface area contributed by atoms with Crippen LogP contribution in [0.5, 0.6) is 5.75 Å². The van der Waals surface area contributed by atoms with Crippen molar-refractivity contribution >= 4 is 17.8 Å². The van der Waals surface area contributed by atoms with Crippen molar-refractivity contribution in [3.8, 4) is 17.1 Å². The van der Waals surface area contributed by atoms with Gasteiger partial charge in [0.1, 0.15) is 11.1 Å². The van der Waals surface area contributed by atoms with E-state index in [-0.39, 0.29) is 5.37 Å². The molecule has 0 bridgehead atoms. The maximum atomic E-state index is 5.49. The van der Waals surface area contributed by atoms with Crippen LogP contribution in [0.1, 0.15) is 12.5 Å². The minimum Gasteiger partial charge on any atom is -0.494 e. The predicted octanol–water partition coefficient (Wildman–Crippen LogP) is 4.03. The van der Waals surface area contributed by atoms with Crippen LogP contribution in [0.25, 0.3) is 17.5 Å². The second-order valence-electron chi connectivity index (χ2n) is 5.54. The number of thioether (sulfide) groups is 1. The number of aromatic nitrogens is 3. The largest absolute Gasteiger partial charge is 0.494 e. The normalized spacial score (nSPS) is 16.0. The lowest BCUT2D eigenvalue weighted by Crippen LogP contribution is -2.17. The molecule has 126 valence electrons. The third-order valence-corrected chi connectivity index (χ3v) is 4.80. The van der Waals surface area contributed by atoms with Gasteiger partial charge in [-0.3, -0.25) is 0 Å². The third kappa shape index (κ3) is 3.39. The highest BCUT2D eigenvalue weighted by Crippen LogP contribution is 2.32. The molecule has 2 heterocycles. The van der Waals surface area contributed by atoms with Gasteiger partial charge in [0.2, 0.25) is 5.16 Å². The van der Waals surface area contributed by atoms with Crippen molar-refractivity contribution < 1.29 is 4.74 Å². The first kappa shape index (κ1) is 15.8. The summed E-state index contributed by atoms with van der Waals surface area (Å²) < 4.78 is 7.43. The number of nitrogens with one attached hydrogen (secondary N) is 1. The van der Waals surface area contributed by atoms with Crippen molar-refractivity contribution in [2.75, 3.05) is 12.0 Å². The molecule has 1 aromatic heterocycles. The monoisotopic (exact) mass is 350 g/mol. The number of nitrogens with zero attached hydrogens (tertiary/aromatic N) is 3. The summed E-state index contributed by atoms with van der Waals surface area (Å²) in [5, 5.41) is 9.59. The first-order chi connectivity index (χ1) is 12.3. The zero-order valence-electron chi connectivity index (χ0n) is 13.8. The van der Waals surface area contributed by atoms with Crippen LogP contribution in [-0.4, -0.2) is 26.9 Å². The molecule has 1 unspecified atom stereocenters. The molecule has 25 heavy (non-hydrogen) atoms. The fraction of sp³-hybridized carbons (Fsp3) is 0.158. The highest BCUT2D eigenvalue weighted by Gasteiger charge is 2.25. The van der Waals surface area contributed by atoms with Crippen molar-refractivity contribution in [1.82, 2.24) is 14.9 Å². The van der Waals surface area contributed by atoms with Crippen molar-refractivity contribution in [1.29, 1.82) is 0 Å². The molecule has 0 amide bonds. The van der Waals surface area contributed by atoms with Crippen molar-refractivity contribution in [3.63, 3.8) is 0 Å². The molecule has 0 fully saturated rings. The highest BCUT2D eigenvalue weighted by molar-refractivity contribution is 8.00. The molecule has 1 N–H and O–H groups in total. The van der Waals surface area contributed by atoms with E-state index in [0.717, 1.165) is 22.3 Å². The van der Waals surface area contributed by atoms with Crippen LogP contribution in [0.2, 0.25) is 0 Å². The van der Waals surface area contributed by atoms with Crippen molar-refractivity contribution in [3.05, 3.63) is 66.2 Å². The number of fused-ring (bicyclic) bond motifs is 1. The van der Waals surface area contributed by atoms with Crippen LogP contribution >= 0.6 is 11.8 Å². The Hall–Kier alpha value is -2.73. The van der Waals surface area contributed by atoms with Gasteiger partial charge >= 0.3 is 0 Å². The molecule has 1 aliphatic heterocycles. The molecule has 3 aromatic rings. The molecule has 6 heteroatoms. The maximum absolute atomic E-state index is 5.49. The lowest BCUT2D eigenvalue weighted by atomic mass is 10.2. The van der Waals surface area contributed by atoms with Gasteiger partial charge in [0, 0.05) is 5.56 Å². The second kappa shape index (κ2) is 7.03. The summed E-state index contributed by atoms with van der Waals surface area (Å²) in [6, 6.07) is 18.2. The molecule has 0 aliphatic carbocycles. The number of rotatable bonds is 5. The number of ether oxygens (including phenoxy) is 1. The predicted molar refractivity (Wildman–Crippen MR) is 101 cm³/mol. The Morgan fingerprint density at radius 2 is 1.92 bits per heavy atom. The van der Waals surface area contributed by atoms with Crippen LogP contribution in [0.15, 0.2) is 65.8 Å². The lowest BCUT2D eigenvalue weighted by Gasteiger charge is -2.09. The van der Waals surface area contributed by atoms with Gasteiger partial charge in [0.25, 0.3) is 0 Å². The minimum atomic E-state index is 0.132. The van der Waals surface area contributed by atoms with Gasteiger partial charge in [0.05, 0.1) is 6.61 Å². The van der Waals surface area contributed by atoms with E-state index < -0.39 is 0 Å². The van der Waals surface area contributed by atoms with Gasteiger partial charge in [0.15, 0.2) is 5.82 Å². The van der Waals surface area contributed by atoms with Crippen LogP contribution in [0, 0.1) is 0 Å². The Labute approximate surface area is 150 Å². The Balaban J connectivity index is 1.50. The minimum absolute atomic E-state index is 0.132. The molecule has 0 saturated carbocycles. The Kier molecular flexibility index (Phi) is 4.43. The number of hydrogen-bond donors (Lipinski definition) is 1. The van der Waals surface area contributed by atoms with Crippen LogP contribution in [0.3, 0.4) is 0 Å². The molecular formula is C19H18N4OS. The molecule has 5 nitrogen and oxygen atoms in total. The van der Waals surface area contributed by atoms with E-state index >= 15 is 0 Å². The summed E-state index contributed by atoms with van der Waals surface area (Å²) in [5.41, 5.74) is 5.61. The van der Waals surface area contributed by atoms with Gasteiger partial charge in [-0.05, 0) is 42.8 Å². The second-order valence-corrected chi connectivity index (χ2v) is 6.65. The fourth-order valence-corrected chi connectivity index (χ4v) is 3.50. The molecule has 1 atom stereocenters. The van der Waals surface area contributed by atoms with Gasteiger partial charge < -0.3 is 10.2 Å². The van der Waals surface area contributed by atoms with Crippen molar-refractivity contribution in [2.24, 2.45) is 0 Å².